The number of cyclic esters (lactones) is 1. The zero-order chi connectivity index (χ0) is 14.4. The molecule has 0 saturated carbocycles. The first-order valence-electron chi connectivity index (χ1n) is 7.44. The Morgan fingerprint density at radius 3 is 2.90 bits per heavy atom. The van der Waals surface area contributed by atoms with Crippen LogP contribution in [-0.2, 0) is 22.4 Å². The summed E-state index contributed by atoms with van der Waals surface area (Å²) in [7, 11) is 0. The molecule has 0 amide bonds. The lowest BCUT2D eigenvalue weighted by Gasteiger charge is -2.09. The monoisotopic (exact) mass is 304 g/mol. The van der Waals surface area contributed by atoms with Gasteiger partial charge in [0.1, 0.15) is 10.9 Å². The molecular formula is C15H16N2O3S. The van der Waals surface area contributed by atoms with Crippen molar-refractivity contribution in [3.8, 4) is 0 Å². The molecule has 0 spiro atoms. The molecule has 1 fully saturated rings. The third-order valence-corrected chi connectivity index (χ3v) is 5.59. The van der Waals surface area contributed by atoms with Crippen LogP contribution in [0, 0.1) is 0 Å². The minimum atomic E-state index is -0.504. The van der Waals surface area contributed by atoms with Crippen molar-refractivity contribution in [2.24, 2.45) is 0 Å². The number of thiophene rings is 1. The normalized spacial score (nSPS) is 22.1. The van der Waals surface area contributed by atoms with E-state index in [0.717, 1.165) is 29.5 Å². The summed E-state index contributed by atoms with van der Waals surface area (Å²) in [4.78, 5) is 31.1. The molecule has 0 N–H and O–H groups in total. The van der Waals surface area contributed by atoms with Crippen molar-refractivity contribution in [2.45, 2.75) is 44.6 Å². The molecule has 1 atom stereocenters. The summed E-state index contributed by atoms with van der Waals surface area (Å²) < 4.78 is 6.45. The average molecular weight is 304 g/mol. The molecule has 0 radical (unpaired) electrons. The lowest BCUT2D eigenvalue weighted by molar-refractivity contribution is -0.140. The number of aromatic nitrogens is 2. The average Bonchev–Trinajstić information content (AvgIpc) is 2.97. The van der Waals surface area contributed by atoms with Gasteiger partial charge >= 0.3 is 5.97 Å². The van der Waals surface area contributed by atoms with Crippen molar-refractivity contribution < 1.29 is 9.53 Å². The molecule has 0 unspecified atom stereocenters. The van der Waals surface area contributed by atoms with Crippen molar-refractivity contribution in [1.29, 1.82) is 0 Å². The van der Waals surface area contributed by atoms with Crippen LogP contribution < -0.4 is 5.56 Å². The fourth-order valence-electron chi connectivity index (χ4n) is 3.30. The number of nitrogens with zero attached hydrogens (tertiary/aromatic N) is 2. The van der Waals surface area contributed by atoms with Crippen molar-refractivity contribution in [3.63, 3.8) is 0 Å². The van der Waals surface area contributed by atoms with Gasteiger partial charge in [0.2, 0.25) is 0 Å². The minimum absolute atomic E-state index is 0.0803. The SMILES string of the molecule is O=C1OCC[C@@H]1n1cnc2sc3c(c2c1=O)CCCCC3. The van der Waals surface area contributed by atoms with Gasteiger partial charge in [-0.05, 0) is 31.2 Å². The predicted molar refractivity (Wildman–Crippen MR) is 79.8 cm³/mol. The summed E-state index contributed by atoms with van der Waals surface area (Å²) >= 11 is 1.64. The van der Waals surface area contributed by atoms with Crippen molar-refractivity contribution in [3.05, 3.63) is 27.1 Å². The summed E-state index contributed by atoms with van der Waals surface area (Å²) in [5.41, 5.74) is 1.09. The molecule has 6 heteroatoms. The van der Waals surface area contributed by atoms with Crippen LogP contribution in [0.1, 0.15) is 42.2 Å². The molecule has 2 aliphatic rings. The Morgan fingerprint density at radius 1 is 1.24 bits per heavy atom. The highest BCUT2D eigenvalue weighted by atomic mass is 32.1. The molecule has 1 aliphatic carbocycles. The molecule has 3 heterocycles. The minimum Gasteiger partial charge on any atom is -0.464 e. The largest absolute Gasteiger partial charge is 0.464 e. The van der Waals surface area contributed by atoms with Gasteiger partial charge in [-0.2, -0.15) is 0 Å². The van der Waals surface area contributed by atoms with Crippen LogP contribution in [0.3, 0.4) is 0 Å². The van der Waals surface area contributed by atoms with Gasteiger partial charge in [-0.15, -0.1) is 11.3 Å². The number of carbonyl (C=O) groups excluding carboxylic acids is 1. The first-order valence-corrected chi connectivity index (χ1v) is 8.25. The van der Waals surface area contributed by atoms with E-state index in [2.05, 4.69) is 4.98 Å². The third-order valence-electron chi connectivity index (χ3n) is 4.39. The van der Waals surface area contributed by atoms with Crippen LogP contribution >= 0.6 is 11.3 Å². The maximum Gasteiger partial charge on any atom is 0.329 e. The van der Waals surface area contributed by atoms with Gasteiger partial charge in [-0.3, -0.25) is 9.36 Å². The zero-order valence-electron chi connectivity index (χ0n) is 11.6. The second-order valence-corrected chi connectivity index (χ2v) is 6.76. The maximum absolute atomic E-state index is 12.8. The molecule has 2 aromatic rings. The molecule has 0 aromatic carbocycles. The van der Waals surface area contributed by atoms with Gasteiger partial charge in [0.15, 0.2) is 0 Å². The number of hydrogen-bond acceptors (Lipinski definition) is 5. The lowest BCUT2D eigenvalue weighted by atomic mass is 10.1. The number of aryl methyl sites for hydroxylation is 2. The summed E-state index contributed by atoms with van der Waals surface area (Å²) in [6.07, 6.45) is 7.58. The fourth-order valence-corrected chi connectivity index (χ4v) is 4.52. The molecular weight excluding hydrogens is 288 g/mol. The van der Waals surface area contributed by atoms with E-state index in [1.54, 1.807) is 11.3 Å². The maximum atomic E-state index is 12.8. The summed E-state index contributed by atoms with van der Waals surface area (Å²) in [6.45, 7) is 0.385. The van der Waals surface area contributed by atoms with Gasteiger partial charge in [-0.25, -0.2) is 9.78 Å². The van der Waals surface area contributed by atoms with Crippen LogP contribution in [0.15, 0.2) is 11.1 Å². The Balaban J connectivity index is 1.92. The third kappa shape index (κ3) is 2.00. The van der Waals surface area contributed by atoms with E-state index in [-0.39, 0.29) is 11.5 Å². The van der Waals surface area contributed by atoms with Gasteiger partial charge < -0.3 is 4.74 Å². The molecule has 5 nitrogen and oxygen atoms in total. The van der Waals surface area contributed by atoms with E-state index < -0.39 is 6.04 Å². The molecule has 2 aromatic heterocycles. The Kier molecular flexibility index (Phi) is 3.06. The van der Waals surface area contributed by atoms with E-state index in [4.69, 9.17) is 4.74 Å². The summed E-state index contributed by atoms with van der Waals surface area (Å²) in [5.74, 6) is -0.320. The van der Waals surface area contributed by atoms with Crippen LogP contribution in [0.25, 0.3) is 10.2 Å². The van der Waals surface area contributed by atoms with E-state index in [0.29, 0.717) is 13.0 Å². The number of fused-ring (bicyclic) bond motifs is 3. The Morgan fingerprint density at radius 2 is 2.10 bits per heavy atom. The second kappa shape index (κ2) is 4.94. The fraction of sp³-hybridized carbons (Fsp3) is 0.533. The molecule has 0 bridgehead atoms. The van der Waals surface area contributed by atoms with Gasteiger partial charge in [0.25, 0.3) is 5.56 Å². The summed E-state index contributed by atoms with van der Waals surface area (Å²) in [6, 6.07) is -0.504. The van der Waals surface area contributed by atoms with E-state index >= 15 is 0 Å². The first-order chi connectivity index (χ1) is 10.3. The number of hydrogen-bond donors (Lipinski definition) is 0. The van der Waals surface area contributed by atoms with Crippen molar-refractivity contribution >= 4 is 27.5 Å². The molecule has 21 heavy (non-hydrogen) atoms. The first kappa shape index (κ1) is 13.0. The Hall–Kier alpha value is -1.69. The Bertz CT molecular complexity index is 777. The van der Waals surface area contributed by atoms with Crippen LogP contribution in [0.5, 0.6) is 0 Å². The van der Waals surface area contributed by atoms with Gasteiger partial charge in [-0.1, -0.05) is 6.42 Å². The highest BCUT2D eigenvalue weighted by Crippen LogP contribution is 2.33. The number of rotatable bonds is 1. The number of esters is 1. The highest BCUT2D eigenvalue weighted by Gasteiger charge is 2.30. The second-order valence-electron chi connectivity index (χ2n) is 5.67. The highest BCUT2D eigenvalue weighted by molar-refractivity contribution is 7.18. The van der Waals surface area contributed by atoms with Crippen LogP contribution in [0.4, 0.5) is 0 Å². The zero-order valence-corrected chi connectivity index (χ0v) is 12.4. The molecule has 110 valence electrons. The lowest BCUT2D eigenvalue weighted by Crippen LogP contribution is -2.27. The molecule has 1 saturated heterocycles. The Labute approximate surface area is 125 Å². The van der Waals surface area contributed by atoms with E-state index in [9.17, 15) is 9.59 Å². The topological polar surface area (TPSA) is 61.2 Å². The van der Waals surface area contributed by atoms with Gasteiger partial charge in [0.05, 0.1) is 18.3 Å². The van der Waals surface area contributed by atoms with Crippen molar-refractivity contribution in [1.82, 2.24) is 9.55 Å². The quantitative estimate of drug-likeness (QED) is 0.598. The predicted octanol–water partition coefficient (Wildman–Crippen LogP) is 2.21. The molecule has 4 rings (SSSR count). The van der Waals surface area contributed by atoms with Crippen LogP contribution in [-0.4, -0.2) is 22.1 Å². The summed E-state index contributed by atoms with van der Waals surface area (Å²) in [5, 5.41) is 0.735. The smallest absolute Gasteiger partial charge is 0.329 e. The van der Waals surface area contributed by atoms with Gasteiger partial charge in [0, 0.05) is 11.3 Å². The number of carbonyl (C=O) groups is 1. The number of ether oxygens (including phenoxy) is 1. The van der Waals surface area contributed by atoms with E-state index in [1.807, 2.05) is 0 Å². The van der Waals surface area contributed by atoms with Crippen molar-refractivity contribution in [2.75, 3.05) is 6.61 Å². The van der Waals surface area contributed by atoms with E-state index in [1.165, 1.54) is 34.2 Å². The molecule has 1 aliphatic heterocycles. The van der Waals surface area contributed by atoms with Crippen LogP contribution in [0.2, 0.25) is 0 Å². The standard InChI is InChI=1S/C15H16N2O3S/c18-14-12-9-4-2-1-3-5-11(9)21-13(12)16-8-17(14)10-6-7-20-15(10)19/h8,10H,1-7H2/t10-/m0/s1.